The summed E-state index contributed by atoms with van der Waals surface area (Å²) in [6.07, 6.45) is 2.13. The van der Waals surface area contributed by atoms with E-state index >= 15 is 0 Å². The Morgan fingerprint density at radius 3 is 3.11 bits per heavy atom. The third kappa shape index (κ3) is 0.972. The molecule has 0 aliphatic carbocycles. The maximum Gasteiger partial charge on any atom is 0.170 e. The minimum absolute atomic E-state index is 0.327. The van der Waals surface area contributed by atoms with Gasteiger partial charge >= 0.3 is 0 Å². The van der Waals surface area contributed by atoms with Gasteiger partial charge in [-0.1, -0.05) is 0 Å². The first-order valence-electron chi connectivity index (χ1n) is 2.56. The predicted molar refractivity (Wildman–Crippen MR) is 31.9 cm³/mol. The van der Waals surface area contributed by atoms with Gasteiger partial charge in [0.1, 0.15) is 5.69 Å². The van der Waals surface area contributed by atoms with Gasteiger partial charge in [-0.05, 0) is 0 Å². The standard InChI is InChI=1S/C5H7N3O/c6-1-4-5(2-9)8-3-7-4/h2-3H,1,6H2,(H,7,8). The average Bonchev–Trinajstić information content (AvgIpc) is 2.33. The SMILES string of the molecule is NCc1[nH]cnc1C=O. The van der Waals surface area contributed by atoms with Crippen molar-refractivity contribution in [2.75, 3.05) is 0 Å². The summed E-state index contributed by atoms with van der Waals surface area (Å²) in [5.41, 5.74) is 6.33. The number of aromatic amines is 1. The lowest BCUT2D eigenvalue weighted by atomic mass is 10.3. The Hall–Kier alpha value is -1.16. The Morgan fingerprint density at radius 2 is 2.67 bits per heavy atom. The van der Waals surface area contributed by atoms with Crippen molar-refractivity contribution in [3.8, 4) is 0 Å². The maximum atomic E-state index is 10.1. The lowest BCUT2D eigenvalue weighted by Gasteiger charge is -1.86. The number of nitrogens with one attached hydrogen (secondary N) is 1. The number of aromatic nitrogens is 2. The summed E-state index contributed by atoms with van der Waals surface area (Å²) in [6, 6.07) is 0. The normalized spacial score (nSPS) is 9.44. The number of carbonyl (C=O) groups excluding carboxylic acids is 1. The second-order valence-corrected chi connectivity index (χ2v) is 1.59. The molecule has 1 rings (SSSR count). The van der Waals surface area contributed by atoms with Crippen LogP contribution >= 0.6 is 0 Å². The molecule has 1 aromatic heterocycles. The molecule has 4 heteroatoms. The zero-order valence-corrected chi connectivity index (χ0v) is 4.79. The molecule has 0 atom stereocenters. The number of hydrogen-bond acceptors (Lipinski definition) is 3. The highest BCUT2D eigenvalue weighted by Crippen LogP contribution is 1.95. The second kappa shape index (κ2) is 2.41. The molecule has 0 aliphatic rings. The lowest BCUT2D eigenvalue weighted by Crippen LogP contribution is -1.99. The smallest absolute Gasteiger partial charge is 0.170 e. The quantitative estimate of drug-likeness (QED) is 0.532. The molecular formula is C5H7N3O. The zero-order valence-electron chi connectivity index (χ0n) is 4.79. The van der Waals surface area contributed by atoms with Crippen LogP contribution in [0.5, 0.6) is 0 Å². The van der Waals surface area contributed by atoms with Gasteiger partial charge in [0.15, 0.2) is 6.29 Å². The summed E-state index contributed by atoms with van der Waals surface area (Å²) in [5, 5.41) is 0. The van der Waals surface area contributed by atoms with Crippen LogP contribution in [0, 0.1) is 0 Å². The molecule has 0 spiro atoms. The Bertz CT molecular complexity index is 206. The van der Waals surface area contributed by atoms with E-state index in [1.165, 1.54) is 6.33 Å². The van der Waals surface area contributed by atoms with Gasteiger partial charge in [-0.25, -0.2) is 4.98 Å². The lowest BCUT2D eigenvalue weighted by molar-refractivity contribution is 0.111. The monoisotopic (exact) mass is 125 g/mol. The maximum absolute atomic E-state index is 10.1. The molecule has 0 aromatic carbocycles. The van der Waals surface area contributed by atoms with Gasteiger partial charge in [-0.15, -0.1) is 0 Å². The molecular weight excluding hydrogens is 118 g/mol. The van der Waals surface area contributed by atoms with E-state index in [9.17, 15) is 4.79 Å². The van der Waals surface area contributed by atoms with Crippen molar-refractivity contribution in [1.29, 1.82) is 0 Å². The highest BCUT2D eigenvalue weighted by Gasteiger charge is 1.98. The Morgan fingerprint density at radius 1 is 1.89 bits per heavy atom. The molecule has 0 saturated carbocycles. The molecule has 9 heavy (non-hydrogen) atoms. The van der Waals surface area contributed by atoms with Crippen LogP contribution in [-0.4, -0.2) is 16.3 Å². The van der Waals surface area contributed by atoms with Gasteiger partial charge in [-0.2, -0.15) is 0 Å². The molecule has 4 nitrogen and oxygen atoms in total. The van der Waals surface area contributed by atoms with Crippen LogP contribution in [-0.2, 0) is 6.54 Å². The van der Waals surface area contributed by atoms with Crippen molar-refractivity contribution in [3.63, 3.8) is 0 Å². The van der Waals surface area contributed by atoms with Gasteiger partial charge in [0.05, 0.1) is 12.0 Å². The van der Waals surface area contributed by atoms with Gasteiger partial charge < -0.3 is 10.7 Å². The third-order valence-electron chi connectivity index (χ3n) is 1.07. The number of hydrogen-bond donors (Lipinski definition) is 2. The summed E-state index contributed by atoms with van der Waals surface area (Å²) in [4.78, 5) is 16.6. The minimum Gasteiger partial charge on any atom is -0.347 e. The van der Waals surface area contributed by atoms with Crippen LogP contribution < -0.4 is 5.73 Å². The average molecular weight is 125 g/mol. The first-order valence-corrected chi connectivity index (χ1v) is 2.56. The van der Waals surface area contributed by atoms with Crippen LogP contribution in [0.1, 0.15) is 16.2 Å². The van der Waals surface area contributed by atoms with Crippen LogP contribution in [0.25, 0.3) is 0 Å². The van der Waals surface area contributed by atoms with Crippen LogP contribution in [0.2, 0.25) is 0 Å². The first kappa shape index (κ1) is 5.97. The van der Waals surface area contributed by atoms with Gasteiger partial charge in [0, 0.05) is 6.54 Å². The summed E-state index contributed by atoms with van der Waals surface area (Å²) in [7, 11) is 0. The van der Waals surface area contributed by atoms with Crippen molar-refractivity contribution in [3.05, 3.63) is 17.7 Å². The fourth-order valence-electron chi connectivity index (χ4n) is 0.597. The summed E-state index contributed by atoms with van der Waals surface area (Å²) in [6.45, 7) is 0.327. The number of imidazole rings is 1. The molecule has 0 aliphatic heterocycles. The molecule has 0 bridgehead atoms. The zero-order chi connectivity index (χ0) is 6.69. The number of nitrogens with zero attached hydrogens (tertiary/aromatic N) is 1. The van der Waals surface area contributed by atoms with Crippen molar-refractivity contribution in [2.45, 2.75) is 6.54 Å². The van der Waals surface area contributed by atoms with E-state index < -0.39 is 0 Å². The molecule has 3 N–H and O–H groups in total. The summed E-state index contributed by atoms with van der Waals surface area (Å²) < 4.78 is 0. The Balaban J connectivity index is 2.98. The van der Waals surface area contributed by atoms with Gasteiger partial charge in [0.25, 0.3) is 0 Å². The molecule has 0 unspecified atom stereocenters. The molecule has 0 amide bonds. The van der Waals surface area contributed by atoms with E-state index in [1.807, 2.05) is 0 Å². The highest BCUT2D eigenvalue weighted by atomic mass is 16.1. The largest absolute Gasteiger partial charge is 0.347 e. The van der Waals surface area contributed by atoms with Gasteiger partial charge in [-0.3, -0.25) is 4.79 Å². The van der Waals surface area contributed by atoms with E-state index in [-0.39, 0.29) is 0 Å². The molecule has 0 radical (unpaired) electrons. The second-order valence-electron chi connectivity index (χ2n) is 1.59. The molecule has 1 heterocycles. The number of aldehydes is 1. The topological polar surface area (TPSA) is 71.8 Å². The number of rotatable bonds is 2. The van der Waals surface area contributed by atoms with Crippen molar-refractivity contribution >= 4 is 6.29 Å². The Kier molecular flexibility index (Phi) is 1.60. The summed E-state index contributed by atoms with van der Waals surface area (Å²) in [5.74, 6) is 0. The fourth-order valence-corrected chi connectivity index (χ4v) is 0.597. The van der Waals surface area contributed by atoms with Crippen LogP contribution in [0.3, 0.4) is 0 Å². The molecule has 48 valence electrons. The first-order chi connectivity index (χ1) is 4.38. The third-order valence-corrected chi connectivity index (χ3v) is 1.07. The van der Waals surface area contributed by atoms with Crippen molar-refractivity contribution < 1.29 is 4.79 Å². The van der Waals surface area contributed by atoms with Crippen molar-refractivity contribution in [1.82, 2.24) is 9.97 Å². The number of nitrogens with two attached hydrogens (primary N) is 1. The van der Waals surface area contributed by atoms with Crippen molar-refractivity contribution in [2.24, 2.45) is 5.73 Å². The summed E-state index contributed by atoms with van der Waals surface area (Å²) >= 11 is 0. The van der Waals surface area contributed by atoms with E-state index in [1.54, 1.807) is 0 Å². The van der Waals surface area contributed by atoms with E-state index in [2.05, 4.69) is 9.97 Å². The van der Waals surface area contributed by atoms with Crippen LogP contribution in [0.4, 0.5) is 0 Å². The van der Waals surface area contributed by atoms with E-state index in [4.69, 9.17) is 5.73 Å². The highest BCUT2D eigenvalue weighted by molar-refractivity contribution is 5.73. The van der Waals surface area contributed by atoms with E-state index in [0.717, 1.165) is 0 Å². The fraction of sp³-hybridized carbons (Fsp3) is 0.200. The molecule has 1 aromatic rings. The van der Waals surface area contributed by atoms with Gasteiger partial charge in [0.2, 0.25) is 0 Å². The molecule has 0 fully saturated rings. The number of carbonyl (C=O) groups is 1. The Labute approximate surface area is 52.1 Å². The van der Waals surface area contributed by atoms with E-state index in [0.29, 0.717) is 24.2 Å². The minimum atomic E-state index is 0.327. The number of H-pyrrole nitrogens is 1. The molecule has 0 saturated heterocycles. The predicted octanol–water partition coefficient (Wildman–Crippen LogP) is -0.319. The van der Waals surface area contributed by atoms with Crippen LogP contribution in [0.15, 0.2) is 6.33 Å².